The molecule has 2 heterocycles. The van der Waals surface area contributed by atoms with Crippen molar-refractivity contribution in [3.8, 4) is 11.3 Å². The van der Waals surface area contributed by atoms with Crippen LogP contribution in [-0.4, -0.2) is 37.1 Å². The number of nitrogens with zero attached hydrogens (tertiary/aromatic N) is 2. The summed E-state index contributed by atoms with van der Waals surface area (Å²) < 4.78 is 5.43. The number of ketones is 1. The van der Waals surface area contributed by atoms with Crippen LogP contribution in [0.4, 0.5) is 10.8 Å². The van der Waals surface area contributed by atoms with Gasteiger partial charge in [0.1, 0.15) is 4.88 Å². The largest absolute Gasteiger partial charge is 0.378 e. The Morgan fingerprint density at radius 3 is 2.62 bits per heavy atom. The molecule has 0 atom stereocenters. The topological polar surface area (TPSA) is 68.4 Å². The van der Waals surface area contributed by atoms with Crippen LogP contribution in [0.1, 0.15) is 15.2 Å². The molecule has 0 spiro atoms. The molecule has 6 heteroatoms. The van der Waals surface area contributed by atoms with Crippen LogP contribution >= 0.6 is 11.3 Å². The minimum absolute atomic E-state index is 0.0495. The Morgan fingerprint density at radius 2 is 1.85 bits per heavy atom. The van der Waals surface area contributed by atoms with E-state index < -0.39 is 0 Å². The average molecular weight is 365 g/mol. The molecule has 2 aromatic carbocycles. The van der Waals surface area contributed by atoms with E-state index in [9.17, 15) is 4.79 Å². The molecule has 0 radical (unpaired) electrons. The van der Waals surface area contributed by atoms with Gasteiger partial charge in [0.25, 0.3) is 0 Å². The first kappa shape index (κ1) is 16.8. The van der Waals surface area contributed by atoms with Gasteiger partial charge in [-0.3, -0.25) is 4.79 Å². The molecule has 1 fully saturated rings. The summed E-state index contributed by atoms with van der Waals surface area (Å²) in [6.07, 6.45) is 0. The van der Waals surface area contributed by atoms with Crippen LogP contribution in [0.25, 0.3) is 11.3 Å². The number of rotatable bonds is 4. The molecule has 0 amide bonds. The van der Waals surface area contributed by atoms with Gasteiger partial charge in [-0.25, -0.2) is 4.98 Å². The monoisotopic (exact) mass is 365 g/mol. The molecule has 4 rings (SSSR count). The van der Waals surface area contributed by atoms with Gasteiger partial charge in [-0.15, -0.1) is 0 Å². The SMILES string of the molecule is Nc1nc(-c2cccc(N3CCOCC3)c2)c(C(=O)c2ccccc2)s1. The molecule has 2 N–H and O–H groups in total. The Kier molecular flexibility index (Phi) is 4.69. The van der Waals surface area contributed by atoms with Crippen molar-refractivity contribution in [2.24, 2.45) is 0 Å². The molecule has 1 aliphatic rings. The van der Waals surface area contributed by atoms with Gasteiger partial charge >= 0.3 is 0 Å². The first-order valence-corrected chi connectivity index (χ1v) is 9.33. The molecule has 0 saturated carbocycles. The van der Waals surface area contributed by atoms with E-state index in [1.807, 2.05) is 42.5 Å². The van der Waals surface area contributed by atoms with Gasteiger partial charge in [-0.1, -0.05) is 53.8 Å². The van der Waals surface area contributed by atoms with Gasteiger partial charge in [0.15, 0.2) is 5.13 Å². The fourth-order valence-electron chi connectivity index (χ4n) is 3.08. The standard InChI is InChI=1S/C20H19N3O2S/c21-20-22-17(19(26-20)18(24)14-5-2-1-3-6-14)15-7-4-8-16(13-15)23-9-11-25-12-10-23/h1-8,13H,9-12H2,(H2,21,22). The quantitative estimate of drug-likeness (QED) is 0.717. The van der Waals surface area contributed by atoms with Crippen molar-refractivity contribution in [3.63, 3.8) is 0 Å². The number of ether oxygens (including phenoxy) is 1. The zero-order valence-electron chi connectivity index (χ0n) is 14.2. The Labute approximate surface area is 156 Å². The Balaban J connectivity index is 1.71. The van der Waals surface area contributed by atoms with Crippen molar-refractivity contribution in [2.75, 3.05) is 36.9 Å². The molecule has 132 valence electrons. The minimum Gasteiger partial charge on any atom is -0.378 e. The first-order chi connectivity index (χ1) is 12.7. The molecule has 1 saturated heterocycles. The highest BCUT2D eigenvalue weighted by Crippen LogP contribution is 2.33. The maximum absolute atomic E-state index is 12.9. The van der Waals surface area contributed by atoms with Crippen LogP contribution in [0, 0.1) is 0 Å². The van der Waals surface area contributed by atoms with Crippen molar-refractivity contribution in [2.45, 2.75) is 0 Å². The van der Waals surface area contributed by atoms with Gasteiger partial charge in [0.05, 0.1) is 18.9 Å². The highest BCUT2D eigenvalue weighted by molar-refractivity contribution is 7.18. The van der Waals surface area contributed by atoms with Crippen molar-refractivity contribution in [1.29, 1.82) is 0 Å². The summed E-state index contributed by atoms with van der Waals surface area (Å²) in [5.74, 6) is -0.0495. The molecule has 5 nitrogen and oxygen atoms in total. The number of thiazole rings is 1. The van der Waals surface area contributed by atoms with Gasteiger partial charge in [-0.05, 0) is 12.1 Å². The van der Waals surface area contributed by atoms with E-state index in [0.29, 0.717) is 21.3 Å². The molecular formula is C20H19N3O2S. The maximum Gasteiger partial charge on any atom is 0.205 e. The Bertz CT molecular complexity index is 918. The number of hydrogen-bond acceptors (Lipinski definition) is 6. The molecule has 0 bridgehead atoms. The van der Waals surface area contributed by atoms with Gasteiger partial charge in [0.2, 0.25) is 5.78 Å². The lowest BCUT2D eigenvalue weighted by Gasteiger charge is -2.29. The predicted molar refractivity (Wildman–Crippen MR) is 105 cm³/mol. The highest BCUT2D eigenvalue weighted by Gasteiger charge is 2.21. The molecule has 3 aromatic rings. The van der Waals surface area contributed by atoms with Crippen LogP contribution in [0.2, 0.25) is 0 Å². The number of benzene rings is 2. The van der Waals surface area contributed by atoms with E-state index in [2.05, 4.69) is 22.0 Å². The number of anilines is 2. The summed E-state index contributed by atoms with van der Waals surface area (Å²) >= 11 is 1.24. The first-order valence-electron chi connectivity index (χ1n) is 8.51. The summed E-state index contributed by atoms with van der Waals surface area (Å²) in [5.41, 5.74) is 9.24. The second-order valence-corrected chi connectivity index (χ2v) is 7.11. The van der Waals surface area contributed by atoms with E-state index in [1.54, 1.807) is 0 Å². The van der Waals surface area contributed by atoms with Gasteiger partial charge in [-0.2, -0.15) is 0 Å². The third-order valence-electron chi connectivity index (χ3n) is 4.38. The van der Waals surface area contributed by atoms with Crippen LogP contribution in [0.15, 0.2) is 54.6 Å². The molecule has 0 unspecified atom stereocenters. The number of nitrogens with two attached hydrogens (primary N) is 1. The smallest absolute Gasteiger partial charge is 0.205 e. The predicted octanol–water partition coefficient (Wildman–Crippen LogP) is 3.46. The third-order valence-corrected chi connectivity index (χ3v) is 5.27. The fourth-order valence-corrected chi connectivity index (χ4v) is 3.90. The van der Waals surface area contributed by atoms with Gasteiger partial charge in [0, 0.05) is 29.9 Å². The molecular weight excluding hydrogens is 346 g/mol. The lowest BCUT2D eigenvalue weighted by molar-refractivity contribution is 0.104. The van der Waals surface area contributed by atoms with Crippen molar-refractivity contribution in [3.05, 3.63) is 65.0 Å². The lowest BCUT2D eigenvalue weighted by Crippen LogP contribution is -2.36. The molecule has 26 heavy (non-hydrogen) atoms. The third kappa shape index (κ3) is 3.34. The number of hydrogen-bond donors (Lipinski definition) is 1. The van der Waals surface area contributed by atoms with E-state index in [-0.39, 0.29) is 5.78 Å². The second kappa shape index (κ2) is 7.27. The van der Waals surface area contributed by atoms with Crippen LogP contribution < -0.4 is 10.6 Å². The van der Waals surface area contributed by atoms with Crippen LogP contribution in [0.5, 0.6) is 0 Å². The number of carbonyl (C=O) groups is 1. The van der Waals surface area contributed by atoms with Crippen LogP contribution in [0.3, 0.4) is 0 Å². The summed E-state index contributed by atoms with van der Waals surface area (Å²) in [7, 11) is 0. The summed E-state index contributed by atoms with van der Waals surface area (Å²) in [6, 6.07) is 17.3. The maximum atomic E-state index is 12.9. The summed E-state index contributed by atoms with van der Waals surface area (Å²) in [6.45, 7) is 3.17. The number of nitrogen functional groups attached to an aromatic ring is 1. The fraction of sp³-hybridized carbons (Fsp3) is 0.200. The van der Waals surface area contributed by atoms with Crippen molar-refractivity contribution < 1.29 is 9.53 Å². The minimum atomic E-state index is -0.0495. The van der Waals surface area contributed by atoms with E-state index >= 15 is 0 Å². The Morgan fingerprint density at radius 1 is 1.08 bits per heavy atom. The summed E-state index contributed by atoms with van der Waals surface area (Å²) in [4.78, 5) is 20.2. The van der Waals surface area contributed by atoms with E-state index in [1.165, 1.54) is 11.3 Å². The highest BCUT2D eigenvalue weighted by atomic mass is 32.1. The van der Waals surface area contributed by atoms with Crippen molar-refractivity contribution >= 4 is 27.9 Å². The zero-order valence-corrected chi connectivity index (χ0v) is 15.0. The zero-order chi connectivity index (χ0) is 17.9. The average Bonchev–Trinajstić information content (AvgIpc) is 3.10. The van der Waals surface area contributed by atoms with E-state index in [0.717, 1.165) is 37.6 Å². The summed E-state index contributed by atoms with van der Waals surface area (Å²) in [5, 5.41) is 0.399. The number of carbonyl (C=O) groups excluding carboxylic acids is 1. The molecule has 1 aromatic heterocycles. The second-order valence-electron chi connectivity index (χ2n) is 6.07. The van der Waals surface area contributed by atoms with E-state index in [4.69, 9.17) is 10.5 Å². The number of morpholine rings is 1. The number of aromatic nitrogens is 1. The normalized spacial score (nSPS) is 14.4. The Hall–Kier alpha value is -2.70. The van der Waals surface area contributed by atoms with Crippen molar-refractivity contribution in [1.82, 2.24) is 4.98 Å². The molecule has 1 aliphatic heterocycles. The molecule has 0 aliphatic carbocycles. The van der Waals surface area contributed by atoms with Crippen LogP contribution in [-0.2, 0) is 4.74 Å². The van der Waals surface area contributed by atoms with Gasteiger partial charge < -0.3 is 15.4 Å². The lowest BCUT2D eigenvalue weighted by atomic mass is 10.0.